The molecule has 10 nitrogen and oxygen atoms in total. The quantitative estimate of drug-likeness (QED) is 0.201. The molecule has 1 amide bonds. The lowest BCUT2D eigenvalue weighted by molar-refractivity contribution is -0.165. The summed E-state index contributed by atoms with van der Waals surface area (Å²) in [5, 5.41) is 2.33. The van der Waals surface area contributed by atoms with Gasteiger partial charge in [-0.1, -0.05) is 0 Å². The fraction of sp³-hybridized carbons (Fsp3) is 0.800. The Labute approximate surface area is 108 Å². The van der Waals surface area contributed by atoms with Gasteiger partial charge in [0.25, 0.3) is 5.91 Å². The van der Waals surface area contributed by atoms with E-state index in [2.05, 4.69) is 20.2 Å². The van der Waals surface area contributed by atoms with Crippen LogP contribution < -0.4 is 11.1 Å². The highest BCUT2D eigenvalue weighted by Gasteiger charge is 2.62. The lowest BCUT2D eigenvalue weighted by atomic mass is 9.82. The summed E-state index contributed by atoms with van der Waals surface area (Å²) < 4.78 is 58.3. The van der Waals surface area contributed by atoms with Crippen molar-refractivity contribution in [1.29, 1.82) is 0 Å². The van der Waals surface area contributed by atoms with Gasteiger partial charge in [0, 0.05) is 10.7 Å². The van der Waals surface area contributed by atoms with Gasteiger partial charge in [0.2, 0.25) is 5.72 Å². The molecule has 0 aromatic heterocycles. The van der Waals surface area contributed by atoms with Gasteiger partial charge >= 0.3 is 19.7 Å². The molecular formula is C5H11ClN2O8S2. The molecular weight excluding hydrogens is 316 g/mol. The molecule has 1 fully saturated rings. The summed E-state index contributed by atoms with van der Waals surface area (Å²) in [4.78, 5) is 10.9. The Kier molecular flexibility index (Phi) is 4.74. The number of amides is 1. The minimum atomic E-state index is -4.73. The average Bonchev–Trinajstić information content (AvgIpc) is 1.96. The Morgan fingerprint density at radius 2 is 1.61 bits per heavy atom. The highest BCUT2D eigenvalue weighted by molar-refractivity contribution is 8.09. The number of β-lactam (4-membered cyclic amide) rings is 1. The molecule has 0 spiro atoms. The second-order valence-electron chi connectivity index (χ2n) is 3.74. The maximum absolute atomic E-state index is 10.9. The maximum atomic E-state index is 10.9. The predicted octanol–water partition coefficient (Wildman–Crippen LogP) is -1.60. The monoisotopic (exact) mass is 326 g/mol. The van der Waals surface area contributed by atoms with Gasteiger partial charge in [-0.05, 0) is 13.8 Å². The fourth-order valence-electron chi connectivity index (χ4n) is 0.999. The van der Waals surface area contributed by atoms with Gasteiger partial charge in [0.1, 0.15) is 0 Å². The molecule has 18 heavy (non-hydrogen) atoms. The van der Waals surface area contributed by atoms with E-state index in [4.69, 9.17) is 23.3 Å². The van der Waals surface area contributed by atoms with Crippen LogP contribution in [0.2, 0.25) is 0 Å². The van der Waals surface area contributed by atoms with Crippen molar-refractivity contribution in [3.63, 3.8) is 0 Å². The first-order valence-electron chi connectivity index (χ1n) is 4.05. The van der Waals surface area contributed by atoms with Crippen molar-refractivity contribution >= 4 is 36.3 Å². The average molecular weight is 327 g/mol. The summed E-state index contributed by atoms with van der Waals surface area (Å²) in [7, 11) is -4.87. The molecule has 0 aromatic rings. The third-order valence-electron chi connectivity index (χ3n) is 1.93. The molecule has 1 aliphatic rings. The molecule has 1 aliphatic heterocycles. The Bertz CT molecular complexity index is 532. The summed E-state index contributed by atoms with van der Waals surface area (Å²) in [5.74, 6) is -0.782. The van der Waals surface area contributed by atoms with E-state index in [1.54, 1.807) is 0 Å². The van der Waals surface area contributed by atoms with Crippen molar-refractivity contribution in [2.45, 2.75) is 25.1 Å². The molecule has 0 saturated carbocycles. The van der Waals surface area contributed by atoms with E-state index < -0.39 is 36.9 Å². The van der Waals surface area contributed by atoms with E-state index in [-0.39, 0.29) is 0 Å². The van der Waals surface area contributed by atoms with Gasteiger partial charge < -0.3 is 5.32 Å². The van der Waals surface area contributed by atoms with Crippen LogP contribution in [0.3, 0.4) is 0 Å². The molecule has 1 heterocycles. The summed E-state index contributed by atoms with van der Waals surface area (Å²) in [6, 6.07) is 0. The summed E-state index contributed by atoms with van der Waals surface area (Å²) in [5.41, 5.74) is 2.28. The molecule has 0 radical (unpaired) electrons. The molecule has 1 atom stereocenters. The standard InChI is InChI=1S/C5H10N2O5S.ClHO3S/c1-4(2)5(6,3(8)7-4)12-13(9,10)11;1-5(2,3)4/h6H2,1-2H3,(H,7,8)(H,9,10,11);(H,2,3,4)/t5-;/m1./s1. The van der Waals surface area contributed by atoms with Crippen LogP contribution in [0.25, 0.3) is 0 Å². The van der Waals surface area contributed by atoms with Crippen LogP contribution in [-0.4, -0.2) is 43.1 Å². The minimum Gasteiger partial charge on any atom is -0.342 e. The van der Waals surface area contributed by atoms with Crippen LogP contribution in [0.5, 0.6) is 0 Å². The number of halogens is 1. The van der Waals surface area contributed by atoms with Crippen molar-refractivity contribution in [3.8, 4) is 0 Å². The molecule has 0 unspecified atom stereocenters. The molecule has 13 heteroatoms. The number of hydrogen-bond acceptors (Lipinski definition) is 7. The zero-order valence-electron chi connectivity index (χ0n) is 9.12. The van der Waals surface area contributed by atoms with E-state index in [1.807, 2.05) is 0 Å². The Hall–Kier alpha value is -0.500. The summed E-state index contributed by atoms with van der Waals surface area (Å²) in [6.07, 6.45) is 0. The second-order valence-corrected chi connectivity index (χ2v) is 6.75. The van der Waals surface area contributed by atoms with Gasteiger partial charge in [0.05, 0.1) is 5.54 Å². The number of carbonyl (C=O) groups is 1. The first-order chi connectivity index (χ1) is 7.58. The maximum Gasteiger partial charge on any atom is 0.399 e. The van der Waals surface area contributed by atoms with E-state index >= 15 is 0 Å². The lowest BCUT2D eigenvalue weighted by Crippen LogP contribution is -2.84. The molecule has 1 rings (SSSR count). The van der Waals surface area contributed by atoms with Crippen molar-refractivity contribution in [1.82, 2.24) is 5.32 Å². The Morgan fingerprint density at radius 3 is 1.72 bits per heavy atom. The largest absolute Gasteiger partial charge is 0.399 e. The van der Waals surface area contributed by atoms with Gasteiger partial charge in [-0.2, -0.15) is 16.8 Å². The first-order valence-corrected chi connectivity index (χ1v) is 7.68. The van der Waals surface area contributed by atoms with Crippen LogP contribution >= 0.6 is 10.7 Å². The Morgan fingerprint density at radius 1 is 1.28 bits per heavy atom. The molecule has 5 N–H and O–H groups in total. The molecule has 0 bridgehead atoms. The fourth-order valence-corrected chi connectivity index (χ4v) is 1.62. The van der Waals surface area contributed by atoms with Gasteiger partial charge in [-0.3, -0.25) is 19.6 Å². The Balaban J connectivity index is 0.000000494. The van der Waals surface area contributed by atoms with Crippen LogP contribution in [-0.2, 0) is 28.7 Å². The smallest absolute Gasteiger partial charge is 0.342 e. The SMILES string of the molecule is CC1(C)NC(=O)[C@@]1(N)OS(=O)(=O)O.O=S(=O)(O)Cl. The van der Waals surface area contributed by atoms with Crippen LogP contribution in [0.15, 0.2) is 0 Å². The normalized spacial score (nSPS) is 26.4. The summed E-state index contributed by atoms with van der Waals surface area (Å²) >= 11 is 0. The predicted molar refractivity (Wildman–Crippen MR) is 59.2 cm³/mol. The van der Waals surface area contributed by atoms with Crippen LogP contribution in [0, 0.1) is 0 Å². The van der Waals surface area contributed by atoms with Crippen molar-refractivity contribution < 1.29 is 34.9 Å². The number of rotatable bonds is 2. The lowest BCUT2D eigenvalue weighted by Gasteiger charge is -2.50. The zero-order valence-corrected chi connectivity index (χ0v) is 11.5. The highest BCUT2D eigenvalue weighted by Crippen LogP contribution is 2.31. The van der Waals surface area contributed by atoms with E-state index in [9.17, 15) is 13.2 Å². The van der Waals surface area contributed by atoms with Crippen molar-refractivity contribution in [2.24, 2.45) is 5.73 Å². The van der Waals surface area contributed by atoms with E-state index in [1.165, 1.54) is 13.8 Å². The van der Waals surface area contributed by atoms with Crippen molar-refractivity contribution in [2.75, 3.05) is 0 Å². The van der Waals surface area contributed by atoms with Crippen LogP contribution in [0.1, 0.15) is 13.8 Å². The minimum absolute atomic E-state index is 0.782. The number of nitrogens with two attached hydrogens (primary N) is 1. The third-order valence-corrected chi connectivity index (χ3v) is 2.40. The molecule has 0 aliphatic carbocycles. The van der Waals surface area contributed by atoms with Gasteiger partial charge in [-0.15, -0.1) is 0 Å². The van der Waals surface area contributed by atoms with Gasteiger partial charge in [-0.25, -0.2) is 4.18 Å². The van der Waals surface area contributed by atoms with Crippen molar-refractivity contribution in [3.05, 3.63) is 0 Å². The first kappa shape index (κ1) is 17.5. The van der Waals surface area contributed by atoms with E-state index in [0.717, 1.165) is 0 Å². The third kappa shape index (κ3) is 5.01. The van der Waals surface area contributed by atoms with E-state index in [0.29, 0.717) is 0 Å². The summed E-state index contributed by atoms with van der Waals surface area (Å²) in [6.45, 7) is 2.94. The molecule has 108 valence electrons. The van der Waals surface area contributed by atoms with Crippen LogP contribution in [0.4, 0.5) is 0 Å². The topological polar surface area (TPSA) is 173 Å². The molecule has 0 aromatic carbocycles. The zero-order chi connectivity index (χ0) is 15.0. The number of carbonyl (C=O) groups excluding carboxylic acids is 1. The number of nitrogens with one attached hydrogen (secondary N) is 1. The second kappa shape index (κ2) is 4.88. The van der Waals surface area contributed by atoms with Gasteiger partial charge in [0.15, 0.2) is 0 Å². The molecule has 1 saturated heterocycles. The highest BCUT2D eigenvalue weighted by atomic mass is 35.7. The number of hydrogen-bond donors (Lipinski definition) is 4.